The average Bonchev–Trinajstić information content (AvgIpc) is 2.97. The first-order chi connectivity index (χ1) is 15.7. The summed E-state index contributed by atoms with van der Waals surface area (Å²) >= 11 is 0. The molecular formula is C22H28F3N5O3. The maximum atomic E-state index is 10.6. The van der Waals surface area contributed by atoms with Crippen LogP contribution in [0.15, 0.2) is 36.5 Å². The molecule has 8 nitrogen and oxygen atoms in total. The number of aryl methyl sites for hydroxylation is 1. The number of pyridine rings is 1. The number of rotatable bonds is 3. The minimum absolute atomic E-state index is 0.149. The molecule has 2 aliphatic rings. The van der Waals surface area contributed by atoms with Gasteiger partial charge in [0.25, 0.3) is 0 Å². The van der Waals surface area contributed by atoms with Crippen molar-refractivity contribution in [2.45, 2.75) is 32.5 Å². The summed E-state index contributed by atoms with van der Waals surface area (Å²) < 4.78 is 37.8. The SMILES string of the molecule is Cc1ccc(N2CCOCC3(CCCN(Cc4ccccn4)C3)C2)nn1.O=C(O)C(F)(F)F. The van der Waals surface area contributed by atoms with E-state index in [2.05, 4.69) is 43.2 Å². The van der Waals surface area contributed by atoms with E-state index < -0.39 is 12.1 Å². The molecule has 4 rings (SSSR count). The van der Waals surface area contributed by atoms with Gasteiger partial charge in [0.1, 0.15) is 0 Å². The van der Waals surface area contributed by atoms with E-state index in [1.807, 2.05) is 25.3 Å². The molecule has 1 unspecified atom stereocenters. The first-order valence-corrected chi connectivity index (χ1v) is 10.7. The van der Waals surface area contributed by atoms with Crippen LogP contribution in [0.4, 0.5) is 19.0 Å². The van der Waals surface area contributed by atoms with Gasteiger partial charge in [-0.05, 0) is 50.6 Å². The fraction of sp³-hybridized carbons (Fsp3) is 0.545. The number of ether oxygens (including phenoxy) is 1. The molecule has 2 fully saturated rings. The van der Waals surface area contributed by atoms with E-state index in [1.165, 1.54) is 12.8 Å². The van der Waals surface area contributed by atoms with Gasteiger partial charge < -0.3 is 14.7 Å². The lowest BCUT2D eigenvalue weighted by atomic mass is 9.80. The van der Waals surface area contributed by atoms with Crippen LogP contribution in [0.2, 0.25) is 0 Å². The zero-order chi connectivity index (χ0) is 23.9. The summed E-state index contributed by atoms with van der Waals surface area (Å²) in [6, 6.07) is 10.3. The minimum Gasteiger partial charge on any atom is -0.475 e. The van der Waals surface area contributed by atoms with Crippen LogP contribution < -0.4 is 4.90 Å². The summed E-state index contributed by atoms with van der Waals surface area (Å²) in [4.78, 5) is 18.3. The number of carbonyl (C=O) groups is 1. The molecule has 0 saturated carbocycles. The van der Waals surface area contributed by atoms with E-state index in [0.29, 0.717) is 0 Å². The molecule has 0 amide bonds. The van der Waals surface area contributed by atoms with Gasteiger partial charge >= 0.3 is 12.1 Å². The minimum atomic E-state index is -5.08. The van der Waals surface area contributed by atoms with Gasteiger partial charge in [-0.25, -0.2) is 4.79 Å². The summed E-state index contributed by atoms with van der Waals surface area (Å²) in [6.07, 6.45) is -0.813. The van der Waals surface area contributed by atoms with Gasteiger partial charge in [0.2, 0.25) is 0 Å². The molecule has 2 saturated heterocycles. The zero-order valence-corrected chi connectivity index (χ0v) is 18.5. The van der Waals surface area contributed by atoms with Crippen molar-refractivity contribution in [2.24, 2.45) is 5.41 Å². The van der Waals surface area contributed by atoms with Crippen molar-refractivity contribution in [3.05, 3.63) is 47.9 Å². The Kier molecular flexibility index (Phi) is 8.20. The quantitative estimate of drug-likeness (QED) is 0.737. The summed E-state index contributed by atoms with van der Waals surface area (Å²) in [7, 11) is 0. The molecule has 2 aliphatic heterocycles. The second kappa shape index (κ2) is 10.9. The Labute approximate surface area is 190 Å². The summed E-state index contributed by atoms with van der Waals surface area (Å²) in [5.41, 5.74) is 2.24. The van der Waals surface area contributed by atoms with Gasteiger partial charge in [-0.1, -0.05) is 6.07 Å². The van der Waals surface area contributed by atoms with Gasteiger partial charge in [0.15, 0.2) is 5.82 Å². The number of aliphatic carboxylic acids is 1. The Hall–Kier alpha value is -2.79. The van der Waals surface area contributed by atoms with Gasteiger partial charge in [0.05, 0.1) is 24.6 Å². The van der Waals surface area contributed by atoms with Gasteiger partial charge in [-0.15, -0.1) is 5.10 Å². The van der Waals surface area contributed by atoms with E-state index in [-0.39, 0.29) is 5.41 Å². The lowest BCUT2D eigenvalue weighted by Gasteiger charge is -2.43. The number of nitrogens with zero attached hydrogens (tertiary/aromatic N) is 5. The molecule has 180 valence electrons. The third-order valence-corrected chi connectivity index (χ3v) is 5.64. The summed E-state index contributed by atoms with van der Waals surface area (Å²) in [6.45, 7) is 8.47. The van der Waals surface area contributed by atoms with Crippen molar-refractivity contribution >= 4 is 11.8 Å². The van der Waals surface area contributed by atoms with Gasteiger partial charge in [0, 0.05) is 37.8 Å². The number of carboxylic acid groups (broad SMARTS) is 1. The molecule has 4 heterocycles. The highest BCUT2D eigenvalue weighted by atomic mass is 19.4. The Morgan fingerprint density at radius 1 is 1.18 bits per heavy atom. The number of likely N-dealkylation sites (tertiary alicyclic amines) is 1. The number of anilines is 1. The molecular weight excluding hydrogens is 439 g/mol. The third-order valence-electron chi connectivity index (χ3n) is 5.64. The molecule has 0 radical (unpaired) electrons. The van der Waals surface area contributed by atoms with Crippen molar-refractivity contribution in [3.8, 4) is 0 Å². The Morgan fingerprint density at radius 2 is 1.97 bits per heavy atom. The molecule has 0 aliphatic carbocycles. The van der Waals surface area contributed by atoms with Crippen molar-refractivity contribution in [2.75, 3.05) is 44.3 Å². The summed E-state index contributed by atoms with van der Waals surface area (Å²) in [5.74, 6) is -1.80. The smallest absolute Gasteiger partial charge is 0.475 e. The predicted octanol–water partition coefficient (Wildman–Crippen LogP) is 2.93. The van der Waals surface area contributed by atoms with E-state index in [0.717, 1.165) is 63.1 Å². The van der Waals surface area contributed by atoms with E-state index in [4.69, 9.17) is 14.6 Å². The van der Waals surface area contributed by atoms with Crippen LogP contribution in [-0.4, -0.2) is 76.7 Å². The normalized spacial score (nSPS) is 21.8. The number of piperidine rings is 1. The van der Waals surface area contributed by atoms with Crippen LogP contribution in [0, 0.1) is 12.3 Å². The maximum absolute atomic E-state index is 10.6. The number of alkyl halides is 3. The number of carboxylic acids is 1. The molecule has 0 aromatic carbocycles. The van der Waals surface area contributed by atoms with Crippen LogP contribution in [0.5, 0.6) is 0 Å². The number of aromatic nitrogens is 3. The van der Waals surface area contributed by atoms with Crippen molar-refractivity contribution in [1.29, 1.82) is 0 Å². The molecule has 2 aromatic rings. The second-order valence-electron chi connectivity index (χ2n) is 8.45. The van der Waals surface area contributed by atoms with Crippen molar-refractivity contribution < 1.29 is 27.8 Å². The molecule has 1 N–H and O–H groups in total. The lowest BCUT2D eigenvalue weighted by Crippen LogP contribution is -2.50. The zero-order valence-electron chi connectivity index (χ0n) is 18.5. The standard InChI is InChI=1S/C20H27N5O.C2HF3O2/c1-17-6-7-19(23-22-17)25-11-12-26-16-20(15-25)8-4-10-24(14-20)13-18-5-2-3-9-21-18;3-2(4,5)1(6)7/h2-3,5-7,9H,4,8,10-16H2,1H3;(H,6,7). The molecule has 0 bridgehead atoms. The van der Waals surface area contributed by atoms with E-state index in [9.17, 15) is 13.2 Å². The fourth-order valence-electron chi connectivity index (χ4n) is 4.16. The highest BCUT2D eigenvalue weighted by Crippen LogP contribution is 2.34. The van der Waals surface area contributed by atoms with E-state index in [1.54, 1.807) is 0 Å². The first kappa shape index (κ1) is 24.8. The molecule has 1 atom stereocenters. The topological polar surface area (TPSA) is 91.7 Å². The van der Waals surface area contributed by atoms with Crippen LogP contribution in [0.3, 0.4) is 0 Å². The molecule has 1 spiro atoms. The highest BCUT2D eigenvalue weighted by molar-refractivity contribution is 5.73. The maximum Gasteiger partial charge on any atom is 0.490 e. The monoisotopic (exact) mass is 467 g/mol. The van der Waals surface area contributed by atoms with Crippen LogP contribution in [0.1, 0.15) is 24.2 Å². The highest BCUT2D eigenvalue weighted by Gasteiger charge is 2.39. The second-order valence-corrected chi connectivity index (χ2v) is 8.45. The van der Waals surface area contributed by atoms with Crippen molar-refractivity contribution in [1.82, 2.24) is 20.1 Å². The Bertz CT molecular complexity index is 898. The van der Waals surface area contributed by atoms with Gasteiger partial charge in [-0.3, -0.25) is 9.88 Å². The molecule has 2 aromatic heterocycles. The third kappa shape index (κ3) is 7.36. The predicted molar refractivity (Wildman–Crippen MR) is 115 cm³/mol. The van der Waals surface area contributed by atoms with Crippen LogP contribution in [0.25, 0.3) is 0 Å². The average molecular weight is 467 g/mol. The Balaban J connectivity index is 0.000000383. The van der Waals surface area contributed by atoms with Crippen LogP contribution in [-0.2, 0) is 16.1 Å². The number of hydrogen-bond acceptors (Lipinski definition) is 7. The number of halogens is 3. The number of hydrogen-bond donors (Lipinski definition) is 1. The van der Waals surface area contributed by atoms with E-state index >= 15 is 0 Å². The lowest BCUT2D eigenvalue weighted by molar-refractivity contribution is -0.192. The molecule has 33 heavy (non-hydrogen) atoms. The summed E-state index contributed by atoms with van der Waals surface area (Å²) in [5, 5.41) is 15.8. The fourth-order valence-corrected chi connectivity index (χ4v) is 4.16. The van der Waals surface area contributed by atoms with Gasteiger partial charge in [-0.2, -0.15) is 18.3 Å². The Morgan fingerprint density at radius 3 is 2.61 bits per heavy atom. The van der Waals surface area contributed by atoms with Crippen LogP contribution >= 0.6 is 0 Å². The molecule has 11 heteroatoms. The largest absolute Gasteiger partial charge is 0.490 e. The van der Waals surface area contributed by atoms with Crippen molar-refractivity contribution in [3.63, 3.8) is 0 Å². The first-order valence-electron chi connectivity index (χ1n) is 10.7.